The summed E-state index contributed by atoms with van der Waals surface area (Å²) in [4.78, 5) is 0. The van der Waals surface area contributed by atoms with Gasteiger partial charge in [-0.15, -0.1) is 0 Å². The topological polar surface area (TPSA) is 9.23 Å². The highest BCUT2D eigenvalue weighted by Crippen LogP contribution is 2.23. The lowest BCUT2D eigenvalue weighted by Gasteiger charge is -2.13. The lowest BCUT2D eigenvalue weighted by Crippen LogP contribution is -2.06. The molecule has 1 rings (SSSR count). The van der Waals surface area contributed by atoms with Crippen LogP contribution in [0.2, 0.25) is 0 Å². The summed E-state index contributed by atoms with van der Waals surface area (Å²) in [5.74, 6) is 0.924. The zero-order valence-corrected chi connectivity index (χ0v) is 11.6. The van der Waals surface area contributed by atoms with Crippen LogP contribution in [0.4, 0.5) is 0 Å². The van der Waals surface area contributed by atoms with E-state index in [1.54, 1.807) is 0 Å². The fourth-order valence-electron chi connectivity index (χ4n) is 1.55. The van der Waals surface area contributed by atoms with Crippen molar-refractivity contribution in [1.82, 2.24) is 0 Å². The first kappa shape index (κ1) is 13.3. The zero-order valence-electron chi connectivity index (χ0n) is 10.0. The van der Waals surface area contributed by atoms with Crippen molar-refractivity contribution in [3.05, 3.63) is 35.9 Å². The standard InChI is InChI=1S/C14H19BrO/c1-4-13-10-12(6-5-9-15)7-8-14(13)16-11(2)3/h4,7-8,10-11H,1,5-6,9H2,2-3H3. The molecule has 1 aromatic rings. The van der Waals surface area contributed by atoms with Gasteiger partial charge >= 0.3 is 0 Å². The number of rotatable bonds is 6. The van der Waals surface area contributed by atoms with Gasteiger partial charge in [0.1, 0.15) is 5.75 Å². The molecule has 0 fully saturated rings. The number of ether oxygens (including phenoxy) is 1. The van der Waals surface area contributed by atoms with E-state index in [1.807, 2.05) is 26.0 Å². The van der Waals surface area contributed by atoms with E-state index in [1.165, 1.54) is 5.56 Å². The van der Waals surface area contributed by atoms with Gasteiger partial charge in [-0.05, 0) is 44.4 Å². The number of halogens is 1. The first-order valence-corrected chi connectivity index (χ1v) is 6.77. The molecule has 0 heterocycles. The van der Waals surface area contributed by atoms with Gasteiger partial charge in [0.05, 0.1) is 6.10 Å². The Labute approximate surface area is 107 Å². The summed E-state index contributed by atoms with van der Waals surface area (Å²) in [6, 6.07) is 6.33. The molecule has 0 radical (unpaired) electrons. The fraction of sp³-hybridized carbons (Fsp3) is 0.429. The Kier molecular flexibility index (Phi) is 5.61. The van der Waals surface area contributed by atoms with Crippen LogP contribution in [0.25, 0.3) is 6.08 Å². The molecule has 1 nitrogen and oxygen atoms in total. The molecule has 0 aliphatic heterocycles. The van der Waals surface area contributed by atoms with Crippen LogP contribution in [-0.2, 0) is 6.42 Å². The first-order valence-electron chi connectivity index (χ1n) is 5.65. The highest BCUT2D eigenvalue weighted by Gasteiger charge is 2.04. The second-order valence-corrected chi connectivity index (χ2v) is 4.83. The van der Waals surface area contributed by atoms with Crippen molar-refractivity contribution in [3.8, 4) is 5.75 Å². The third-order valence-corrected chi connectivity index (χ3v) is 2.82. The van der Waals surface area contributed by atoms with Crippen LogP contribution in [0.5, 0.6) is 5.75 Å². The second-order valence-electron chi connectivity index (χ2n) is 4.04. The van der Waals surface area contributed by atoms with Crippen molar-refractivity contribution >= 4 is 22.0 Å². The number of alkyl halides is 1. The van der Waals surface area contributed by atoms with Gasteiger partial charge < -0.3 is 4.74 Å². The Bertz CT molecular complexity index is 345. The lowest BCUT2D eigenvalue weighted by atomic mass is 10.1. The maximum atomic E-state index is 5.72. The van der Waals surface area contributed by atoms with Crippen LogP contribution in [0.15, 0.2) is 24.8 Å². The largest absolute Gasteiger partial charge is 0.490 e. The Balaban J connectivity index is 2.84. The molecule has 0 aliphatic carbocycles. The fourth-order valence-corrected chi connectivity index (χ4v) is 1.83. The van der Waals surface area contributed by atoms with E-state index < -0.39 is 0 Å². The highest BCUT2D eigenvalue weighted by atomic mass is 79.9. The van der Waals surface area contributed by atoms with E-state index in [0.717, 1.165) is 29.5 Å². The molecule has 16 heavy (non-hydrogen) atoms. The molecule has 0 amide bonds. The first-order chi connectivity index (χ1) is 7.67. The Hall–Kier alpha value is -0.760. The highest BCUT2D eigenvalue weighted by molar-refractivity contribution is 9.09. The van der Waals surface area contributed by atoms with Gasteiger partial charge in [-0.3, -0.25) is 0 Å². The third-order valence-electron chi connectivity index (χ3n) is 2.26. The number of benzene rings is 1. The van der Waals surface area contributed by atoms with Crippen molar-refractivity contribution in [2.45, 2.75) is 32.8 Å². The predicted molar refractivity (Wildman–Crippen MR) is 74.4 cm³/mol. The molecule has 0 bridgehead atoms. The normalized spacial score (nSPS) is 10.5. The molecule has 2 heteroatoms. The number of hydrogen-bond donors (Lipinski definition) is 0. The van der Waals surface area contributed by atoms with Crippen LogP contribution in [-0.4, -0.2) is 11.4 Å². The van der Waals surface area contributed by atoms with Crippen LogP contribution in [0, 0.1) is 0 Å². The molecular formula is C14H19BrO. The van der Waals surface area contributed by atoms with E-state index in [4.69, 9.17) is 4.74 Å². The molecule has 0 aromatic heterocycles. The van der Waals surface area contributed by atoms with E-state index in [-0.39, 0.29) is 6.10 Å². The van der Waals surface area contributed by atoms with Gasteiger partial charge in [-0.25, -0.2) is 0 Å². The summed E-state index contributed by atoms with van der Waals surface area (Å²) in [6.07, 6.45) is 4.30. The van der Waals surface area contributed by atoms with E-state index >= 15 is 0 Å². The van der Waals surface area contributed by atoms with Crippen LogP contribution in [0.1, 0.15) is 31.4 Å². The molecule has 0 aliphatic rings. The molecular weight excluding hydrogens is 264 g/mol. The molecule has 0 unspecified atom stereocenters. The SMILES string of the molecule is C=Cc1cc(CCCBr)ccc1OC(C)C. The van der Waals surface area contributed by atoms with Crippen molar-refractivity contribution in [2.24, 2.45) is 0 Å². The number of hydrogen-bond acceptors (Lipinski definition) is 1. The average Bonchev–Trinajstić information content (AvgIpc) is 2.27. The smallest absolute Gasteiger partial charge is 0.126 e. The minimum absolute atomic E-state index is 0.201. The summed E-state index contributed by atoms with van der Waals surface area (Å²) in [5, 5.41) is 1.04. The van der Waals surface area contributed by atoms with E-state index in [0.29, 0.717) is 0 Å². The maximum Gasteiger partial charge on any atom is 0.126 e. The van der Waals surface area contributed by atoms with Crippen LogP contribution >= 0.6 is 15.9 Å². The molecule has 0 spiro atoms. The Morgan fingerprint density at radius 3 is 2.75 bits per heavy atom. The molecule has 0 atom stereocenters. The van der Waals surface area contributed by atoms with Crippen molar-refractivity contribution in [2.75, 3.05) is 5.33 Å². The Morgan fingerprint density at radius 2 is 2.19 bits per heavy atom. The summed E-state index contributed by atoms with van der Waals surface area (Å²) in [5.41, 5.74) is 2.42. The van der Waals surface area contributed by atoms with Crippen LogP contribution in [0.3, 0.4) is 0 Å². The van der Waals surface area contributed by atoms with Gasteiger partial charge in [0.2, 0.25) is 0 Å². The summed E-state index contributed by atoms with van der Waals surface area (Å²) < 4.78 is 5.72. The summed E-state index contributed by atoms with van der Waals surface area (Å²) in [7, 11) is 0. The predicted octanol–water partition coefficient (Wildman–Crippen LogP) is 4.44. The van der Waals surface area contributed by atoms with Gasteiger partial charge in [0, 0.05) is 10.9 Å². The van der Waals surface area contributed by atoms with E-state index in [2.05, 4.69) is 34.6 Å². The van der Waals surface area contributed by atoms with Crippen LogP contribution < -0.4 is 4.74 Å². The van der Waals surface area contributed by atoms with Crippen molar-refractivity contribution < 1.29 is 4.74 Å². The second kappa shape index (κ2) is 6.74. The summed E-state index contributed by atoms with van der Waals surface area (Å²) in [6.45, 7) is 7.90. The Morgan fingerprint density at radius 1 is 1.44 bits per heavy atom. The van der Waals surface area contributed by atoms with E-state index in [9.17, 15) is 0 Å². The average molecular weight is 283 g/mol. The third kappa shape index (κ3) is 4.01. The van der Waals surface area contributed by atoms with Gasteiger partial charge in [-0.1, -0.05) is 34.7 Å². The van der Waals surface area contributed by atoms with Gasteiger partial charge in [-0.2, -0.15) is 0 Å². The molecule has 88 valence electrons. The molecule has 0 N–H and O–H groups in total. The lowest BCUT2D eigenvalue weighted by molar-refractivity contribution is 0.242. The zero-order chi connectivity index (χ0) is 12.0. The minimum Gasteiger partial charge on any atom is -0.490 e. The molecule has 0 saturated carbocycles. The molecule has 0 saturated heterocycles. The summed E-state index contributed by atoms with van der Waals surface area (Å²) >= 11 is 3.44. The monoisotopic (exact) mass is 282 g/mol. The minimum atomic E-state index is 0.201. The van der Waals surface area contributed by atoms with Crippen molar-refractivity contribution in [1.29, 1.82) is 0 Å². The van der Waals surface area contributed by atoms with Crippen molar-refractivity contribution in [3.63, 3.8) is 0 Å². The van der Waals surface area contributed by atoms with Gasteiger partial charge in [0.15, 0.2) is 0 Å². The molecule has 1 aromatic carbocycles. The maximum absolute atomic E-state index is 5.72. The number of aryl methyl sites for hydroxylation is 1. The quantitative estimate of drug-likeness (QED) is 0.701. The van der Waals surface area contributed by atoms with Gasteiger partial charge in [0.25, 0.3) is 0 Å².